The molecule has 0 aliphatic carbocycles. The van der Waals surface area contributed by atoms with Crippen molar-refractivity contribution in [1.29, 1.82) is 0 Å². The fraction of sp³-hybridized carbons (Fsp3) is 0.471. The fourth-order valence-electron chi connectivity index (χ4n) is 2.74. The minimum Gasteiger partial charge on any atom is -0.488 e. The Morgan fingerprint density at radius 2 is 2.21 bits per heavy atom. The monoisotopic (exact) mass is 328 g/mol. The van der Waals surface area contributed by atoms with Crippen LogP contribution in [0.25, 0.3) is 0 Å². The lowest BCUT2D eigenvalue weighted by Gasteiger charge is -2.15. The molecule has 2 heterocycles. The third-order valence-electron chi connectivity index (χ3n) is 3.97. The van der Waals surface area contributed by atoms with Gasteiger partial charge in [0.05, 0.1) is 6.54 Å². The lowest BCUT2D eigenvalue weighted by Crippen LogP contribution is -2.42. The van der Waals surface area contributed by atoms with E-state index in [0.717, 1.165) is 37.0 Å². The molecule has 7 nitrogen and oxygen atoms in total. The maximum atomic E-state index is 5.95. The summed E-state index contributed by atoms with van der Waals surface area (Å²) in [6.45, 7) is 6.97. The predicted octanol–water partition coefficient (Wildman–Crippen LogP) is 1.36. The Bertz CT molecular complexity index is 671. The van der Waals surface area contributed by atoms with Gasteiger partial charge in [0.15, 0.2) is 11.8 Å². The summed E-state index contributed by atoms with van der Waals surface area (Å²) in [5.41, 5.74) is 1.27. The fourth-order valence-corrected chi connectivity index (χ4v) is 2.74. The lowest BCUT2D eigenvalue weighted by atomic mass is 10.1. The zero-order chi connectivity index (χ0) is 16.8. The molecule has 0 spiro atoms. The number of rotatable bonds is 6. The molecule has 0 saturated heterocycles. The number of nitrogens with one attached hydrogen (secondary N) is 2. The van der Waals surface area contributed by atoms with E-state index in [1.165, 1.54) is 5.56 Å². The molecule has 1 aliphatic heterocycles. The first-order valence-electron chi connectivity index (χ1n) is 8.43. The lowest BCUT2D eigenvalue weighted by molar-refractivity contribution is 0.235. The third kappa shape index (κ3) is 3.84. The van der Waals surface area contributed by atoms with E-state index >= 15 is 0 Å². The van der Waals surface area contributed by atoms with Crippen LogP contribution in [0.2, 0.25) is 0 Å². The number of hydrogen-bond donors (Lipinski definition) is 2. The molecule has 0 bridgehead atoms. The molecule has 1 aliphatic rings. The molecule has 0 radical (unpaired) electrons. The second kappa shape index (κ2) is 7.81. The first-order chi connectivity index (χ1) is 11.8. The SMILES string of the molecule is CCNC(=NCc1nncn1CC)NCC1Cc2ccccc2O1. The van der Waals surface area contributed by atoms with E-state index in [1.54, 1.807) is 6.33 Å². The van der Waals surface area contributed by atoms with Crippen LogP contribution in [-0.2, 0) is 19.5 Å². The van der Waals surface area contributed by atoms with Gasteiger partial charge >= 0.3 is 0 Å². The molecule has 1 atom stereocenters. The molecule has 1 unspecified atom stereocenters. The van der Waals surface area contributed by atoms with Crippen LogP contribution < -0.4 is 15.4 Å². The number of benzene rings is 1. The molecule has 2 N–H and O–H groups in total. The van der Waals surface area contributed by atoms with Crippen LogP contribution in [0, 0.1) is 0 Å². The molecule has 0 amide bonds. The van der Waals surface area contributed by atoms with E-state index < -0.39 is 0 Å². The van der Waals surface area contributed by atoms with Crippen molar-refractivity contribution < 1.29 is 4.74 Å². The van der Waals surface area contributed by atoms with Crippen LogP contribution in [-0.4, -0.2) is 39.9 Å². The summed E-state index contributed by atoms with van der Waals surface area (Å²) in [5, 5.41) is 14.6. The van der Waals surface area contributed by atoms with Crippen LogP contribution in [0.1, 0.15) is 25.2 Å². The quantitative estimate of drug-likeness (QED) is 0.618. The van der Waals surface area contributed by atoms with Crippen LogP contribution in [0.5, 0.6) is 5.75 Å². The van der Waals surface area contributed by atoms with Gasteiger partial charge in [-0.25, -0.2) is 4.99 Å². The van der Waals surface area contributed by atoms with Gasteiger partial charge in [-0.2, -0.15) is 0 Å². The molecule has 1 aromatic heterocycles. The second-order valence-electron chi connectivity index (χ2n) is 5.66. The third-order valence-corrected chi connectivity index (χ3v) is 3.97. The number of nitrogens with zero attached hydrogens (tertiary/aromatic N) is 4. The van der Waals surface area contributed by atoms with E-state index in [1.807, 2.05) is 29.7 Å². The minimum atomic E-state index is 0.130. The summed E-state index contributed by atoms with van der Waals surface area (Å²) < 4.78 is 7.94. The molecule has 2 aromatic rings. The predicted molar refractivity (Wildman–Crippen MR) is 93.1 cm³/mol. The molecule has 128 valence electrons. The van der Waals surface area contributed by atoms with Gasteiger partial charge in [0.2, 0.25) is 0 Å². The topological polar surface area (TPSA) is 76.4 Å². The van der Waals surface area contributed by atoms with Crippen LogP contribution >= 0.6 is 0 Å². The van der Waals surface area contributed by atoms with Crippen molar-refractivity contribution >= 4 is 5.96 Å². The van der Waals surface area contributed by atoms with Gasteiger partial charge in [-0.05, 0) is 25.5 Å². The van der Waals surface area contributed by atoms with Gasteiger partial charge in [0.25, 0.3) is 0 Å². The van der Waals surface area contributed by atoms with Crippen molar-refractivity contribution in [3.63, 3.8) is 0 Å². The average Bonchev–Trinajstić information content (AvgIpc) is 3.22. The summed E-state index contributed by atoms with van der Waals surface area (Å²) in [6.07, 6.45) is 2.78. The molecular weight excluding hydrogens is 304 g/mol. The standard InChI is InChI=1S/C17H24N6O/c1-3-18-17(20-11-16-22-21-12-23(16)4-2)19-10-14-9-13-7-5-6-8-15(13)24-14/h5-8,12,14H,3-4,9-11H2,1-2H3,(H2,18,19,20). The zero-order valence-corrected chi connectivity index (χ0v) is 14.2. The highest BCUT2D eigenvalue weighted by molar-refractivity contribution is 5.79. The highest BCUT2D eigenvalue weighted by Gasteiger charge is 2.22. The van der Waals surface area contributed by atoms with Gasteiger partial charge in [-0.3, -0.25) is 0 Å². The summed E-state index contributed by atoms with van der Waals surface area (Å²) in [6, 6.07) is 8.19. The van der Waals surface area contributed by atoms with Crippen LogP contribution in [0.3, 0.4) is 0 Å². The van der Waals surface area contributed by atoms with Crippen LogP contribution in [0.4, 0.5) is 0 Å². The number of aryl methyl sites for hydroxylation is 1. The molecule has 0 saturated carbocycles. The maximum absolute atomic E-state index is 5.95. The molecule has 0 fully saturated rings. The van der Waals surface area contributed by atoms with Gasteiger partial charge < -0.3 is 19.9 Å². The van der Waals surface area contributed by atoms with E-state index in [-0.39, 0.29) is 6.10 Å². The number of fused-ring (bicyclic) bond motifs is 1. The van der Waals surface area contributed by atoms with Crippen LogP contribution in [0.15, 0.2) is 35.6 Å². The number of aliphatic imine (C=N–C) groups is 1. The smallest absolute Gasteiger partial charge is 0.191 e. The molecule has 7 heteroatoms. The normalized spacial score (nSPS) is 16.6. The second-order valence-corrected chi connectivity index (χ2v) is 5.66. The number of guanidine groups is 1. The van der Waals surface area contributed by atoms with E-state index in [4.69, 9.17) is 4.74 Å². The Balaban J connectivity index is 1.56. The number of ether oxygens (including phenoxy) is 1. The molecular formula is C17H24N6O. The summed E-state index contributed by atoms with van der Waals surface area (Å²) in [5.74, 6) is 2.62. The molecule has 1 aromatic carbocycles. The van der Waals surface area contributed by atoms with Crippen molar-refractivity contribution in [3.05, 3.63) is 42.0 Å². The Hall–Kier alpha value is -2.57. The summed E-state index contributed by atoms with van der Waals surface area (Å²) >= 11 is 0. The van der Waals surface area contributed by atoms with E-state index in [2.05, 4.69) is 38.8 Å². The Morgan fingerprint density at radius 3 is 3.00 bits per heavy atom. The zero-order valence-electron chi connectivity index (χ0n) is 14.2. The maximum Gasteiger partial charge on any atom is 0.191 e. The van der Waals surface area contributed by atoms with Crippen molar-refractivity contribution in [1.82, 2.24) is 25.4 Å². The van der Waals surface area contributed by atoms with Crippen molar-refractivity contribution in [2.75, 3.05) is 13.1 Å². The van der Waals surface area contributed by atoms with E-state index in [0.29, 0.717) is 13.1 Å². The Morgan fingerprint density at radius 1 is 1.33 bits per heavy atom. The summed E-state index contributed by atoms with van der Waals surface area (Å²) in [4.78, 5) is 4.59. The summed E-state index contributed by atoms with van der Waals surface area (Å²) in [7, 11) is 0. The van der Waals surface area contributed by atoms with Crippen molar-refractivity contribution in [3.8, 4) is 5.75 Å². The highest BCUT2D eigenvalue weighted by atomic mass is 16.5. The first kappa shape index (κ1) is 16.3. The minimum absolute atomic E-state index is 0.130. The largest absolute Gasteiger partial charge is 0.488 e. The Kier molecular flexibility index (Phi) is 5.30. The highest BCUT2D eigenvalue weighted by Crippen LogP contribution is 2.27. The van der Waals surface area contributed by atoms with Gasteiger partial charge in [-0.15, -0.1) is 10.2 Å². The van der Waals surface area contributed by atoms with Gasteiger partial charge in [-0.1, -0.05) is 18.2 Å². The molecule has 3 rings (SSSR count). The number of para-hydroxylation sites is 1. The van der Waals surface area contributed by atoms with Crippen molar-refractivity contribution in [2.24, 2.45) is 4.99 Å². The van der Waals surface area contributed by atoms with Crippen molar-refractivity contribution in [2.45, 2.75) is 39.5 Å². The Labute approximate surface area is 142 Å². The van der Waals surface area contributed by atoms with Gasteiger partial charge in [0, 0.05) is 19.5 Å². The average molecular weight is 328 g/mol. The first-order valence-corrected chi connectivity index (χ1v) is 8.43. The molecule has 24 heavy (non-hydrogen) atoms. The van der Waals surface area contributed by atoms with Gasteiger partial charge in [0.1, 0.15) is 24.7 Å². The number of hydrogen-bond acceptors (Lipinski definition) is 4. The van der Waals surface area contributed by atoms with E-state index in [9.17, 15) is 0 Å². The number of aromatic nitrogens is 3.